The molecule has 0 aliphatic rings. The van der Waals surface area contributed by atoms with E-state index in [2.05, 4.69) is 0 Å². The van der Waals surface area contributed by atoms with Crippen molar-refractivity contribution in [3.63, 3.8) is 0 Å². The smallest absolute Gasteiger partial charge is 0.246 e. The van der Waals surface area contributed by atoms with Gasteiger partial charge in [-0.05, 0) is 37.5 Å². The van der Waals surface area contributed by atoms with Gasteiger partial charge in [-0.2, -0.15) is 13.2 Å². The van der Waals surface area contributed by atoms with Crippen molar-refractivity contribution in [1.29, 1.82) is 0 Å². The number of hydrogen-bond donors (Lipinski definition) is 0. The van der Waals surface area contributed by atoms with Crippen molar-refractivity contribution in [2.75, 3.05) is 6.67 Å². The van der Waals surface area contributed by atoms with E-state index in [-0.39, 0.29) is 5.57 Å². The van der Waals surface area contributed by atoms with Gasteiger partial charge in [-0.3, -0.25) is 0 Å². The van der Waals surface area contributed by atoms with Crippen LogP contribution in [0, 0.1) is 0 Å². The molecule has 0 fully saturated rings. The van der Waals surface area contributed by atoms with Crippen molar-refractivity contribution >= 4 is 0 Å². The lowest BCUT2D eigenvalue weighted by molar-refractivity contribution is -0.0884. The van der Waals surface area contributed by atoms with Crippen LogP contribution >= 0.6 is 0 Å². The summed E-state index contributed by atoms with van der Waals surface area (Å²) in [5.41, 5.74) is -0.131. The molecule has 4 heteroatoms. The maximum Gasteiger partial charge on any atom is 0.416 e. The molecule has 16 heavy (non-hydrogen) atoms. The second-order valence-electron chi connectivity index (χ2n) is 3.34. The molecule has 0 atom stereocenters. The minimum atomic E-state index is -4.38. The molecule has 0 aromatic heterocycles. The lowest BCUT2D eigenvalue weighted by Crippen LogP contribution is -2.10. The number of hydrogen-bond acceptors (Lipinski definition) is 0. The van der Waals surface area contributed by atoms with Crippen molar-refractivity contribution in [3.05, 3.63) is 34.9 Å². The molecule has 0 aromatic rings. The maximum atomic E-state index is 12.5. The third kappa shape index (κ3) is 4.64. The fourth-order valence-corrected chi connectivity index (χ4v) is 1.21. The summed E-state index contributed by atoms with van der Waals surface area (Å²) in [5, 5.41) is 0. The Morgan fingerprint density at radius 2 is 1.81 bits per heavy atom. The highest BCUT2D eigenvalue weighted by Crippen LogP contribution is 2.29. The summed E-state index contributed by atoms with van der Waals surface area (Å²) in [6, 6.07) is 0. The van der Waals surface area contributed by atoms with E-state index in [0.717, 1.165) is 12.2 Å². The fraction of sp³-hybridized carbons (Fsp3) is 0.500. The van der Waals surface area contributed by atoms with E-state index in [1.807, 2.05) is 0 Å². The van der Waals surface area contributed by atoms with Gasteiger partial charge >= 0.3 is 6.18 Å². The summed E-state index contributed by atoms with van der Waals surface area (Å²) in [4.78, 5) is 0. The first kappa shape index (κ1) is 14.9. The van der Waals surface area contributed by atoms with Crippen LogP contribution < -0.4 is 0 Å². The lowest BCUT2D eigenvalue weighted by atomic mass is 10.0. The topological polar surface area (TPSA) is 0 Å². The Labute approximate surface area is 93.3 Å². The van der Waals surface area contributed by atoms with E-state index in [0.29, 0.717) is 12.0 Å². The van der Waals surface area contributed by atoms with Crippen LogP contribution in [0.1, 0.15) is 27.2 Å². The molecule has 0 radical (unpaired) electrons. The number of alkyl halides is 4. The number of halogens is 4. The van der Waals surface area contributed by atoms with Crippen LogP contribution in [-0.4, -0.2) is 12.9 Å². The molecular formula is C12H16F4. The zero-order chi connectivity index (χ0) is 12.8. The second kappa shape index (κ2) is 6.51. The quantitative estimate of drug-likeness (QED) is 0.488. The average molecular weight is 236 g/mol. The Kier molecular flexibility index (Phi) is 6.08. The zero-order valence-corrected chi connectivity index (χ0v) is 9.66. The van der Waals surface area contributed by atoms with E-state index in [1.54, 1.807) is 13.8 Å². The summed E-state index contributed by atoms with van der Waals surface area (Å²) in [7, 11) is 0. The predicted molar refractivity (Wildman–Crippen MR) is 57.9 cm³/mol. The predicted octanol–water partition coefficient (Wildman–Crippen LogP) is 4.75. The minimum absolute atomic E-state index is 0.284. The third-order valence-corrected chi connectivity index (χ3v) is 2.12. The molecule has 0 aromatic carbocycles. The van der Waals surface area contributed by atoms with Gasteiger partial charge in [-0.1, -0.05) is 19.1 Å². The van der Waals surface area contributed by atoms with Crippen molar-refractivity contribution in [2.45, 2.75) is 33.4 Å². The van der Waals surface area contributed by atoms with Crippen LogP contribution in [0.5, 0.6) is 0 Å². The minimum Gasteiger partial charge on any atom is -0.246 e. The average Bonchev–Trinajstić information content (AvgIpc) is 2.17. The molecule has 0 saturated carbocycles. The van der Waals surface area contributed by atoms with Gasteiger partial charge in [0.1, 0.15) is 6.67 Å². The van der Waals surface area contributed by atoms with Crippen LogP contribution in [0.25, 0.3) is 0 Å². The van der Waals surface area contributed by atoms with Gasteiger partial charge in [0.15, 0.2) is 0 Å². The van der Waals surface area contributed by atoms with Gasteiger partial charge in [0.25, 0.3) is 0 Å². The molecule has 0 bridgehead atoms. The largest absolute Gasteiger partial charge is 0.416 e. The molecule has 0 nitrogen and oxygen atoms in total. The number of allylic oxidation sites excluding steroid dienone is 6. The van der Waals surface area contributed by atoms with Gasteiger partial charge in [-0.25, -0.2) is 4.39 Å². The fourth-order valence-electron chi connectivity index (χ4n) is 1.21. The molecule has 0 N–H and O–H groups in total. The van der Waals surface area contributed by atoms with Gasteiger partial charge in [-0.15, -0.1) is 0 Å². The first-order valence-electron chi connectivity index (χ1n) is 5.04. The van der Waals surface area contributed by atoms with Gasteiger partial charge in [0, 0.05) is 0 Å². The van der Waals surface area contributed by atoms with Crippen LogP contribution in [0.15, 0.2) is 34.9 Å². The van der Waals surface area contributed by atoms with Crippen molar-refractivity contribution < 1.29 is 17.6 Å². The molecule has 0 heterocycles. The maximum absolute atomic E-state index is 12.5. The van der Waals surface area contributed by atoms with E-state index in [9.17, 15) is 17.6 Å². The van der Waals surface area contributed by atoms with Crippen LogP contribution in [0.4, 0.5) is 17.6 Å². The summed E-state index contributed by atoms with van der Waals surface area (Å²) in [6.07, 6.45) is -0.537. The normalized spacial score (nSPS) is 15.6. The highest BCUT2D eigenvalue weighted by Gasteiger charge is 2.31. The molecule has 0 aliphatic heterocycles. The summed E-state index contributed by atoms with van der Waals surface area (Å²) < 4.78 is 50.0. The summed E-state index contributed by atoms with van der Waals surface area (Å²) >= 11 is 0. The van der Waals surface area contributed by atoms with E-state index in [4.69, 9.17) is 0 Å². The van der Waals surface area contributed by atoms with Gasteiger partial charge in [0.05, 0.1) is 5.57 Å². The highest BCUT2D eigenvalue weighted by molar-refractivity contribution is 5.37. The molecule has 92 valence electrons. The Morgan fingerprint density at radius 1 is 1.25 bits per heavy atom. The molecule has 0 amide bonds. The molecule has 0 rings (SSSR count). The molecule has 0 saturated heterocycles. The molecular weight excluding hydrogens is 220 g/mol. The van der Waals surface area contributed by atoms with Crippen molar-refractivity contribution in [3.8, 4) is 0 Å². The van der Waals surface area contributed by atoms with E-state index in [1.165, 1.54) is 13.0 Å². The SMILES string of the molecule is C\C=C(CF)/C(C)=C\C(=C\CC)C(F)(F)F. The van der Waals surface area contributed by atoms with Crippen molar-refractivity contribution in [1.82, 2.24) is 0 Å². The van der Waals surface area contributed by atoms with Gasteiger partial charge in [0.2, 0.25) is 0 Å². The Morgan fingerprint density at radius 3 is 2.12 bits per heavy atom. The second-order valence-corrected chi connectivity index (χ2v) is 3.34. The lowest BCUT2D eigenvalue weighted by Gasteiger charge is -2.10. The van der Waals surface area contributed by atoms with Crippen LogP contribution in [0.2, 0.25) is 0 Å². The first-order chi connectivity index (χ1) is 7.36. The number of rotatable bonds is 4. The first-order valence-corrected chi connectivity index (χ1v) is 5.04. The highest BCUT2D eigenvalue weighted by atomic mass is 19.4. The molecule has 0 aliphatic carbocycles. The molecule has 0 spiro atoms. The zero-order valence-electron chi connectivity index (χ0n) is 9.66. The standard InChI is InChI=1S/C12H16F4/c1-4-6-11(12(14,15)16)7-9(3)10(5-2)8-13/h5-7H,4,8H2,1-3H3/b9-7-,10-5-,11-6-. The Balaban J connectivity index is 5.16. The van der Waals surface area contributed by atoms with Crippen LogP contribution in [-0.2, 0) is 0 Å². The summed E-state index contributed by atoms with van der Waals surface area (Å²) in [6.45, 7) is 3.95. The monoisotopic (exact) mass is 236 g/mol. The van der Waals surface area contributed by atoms with E-state index >= 15 is 0 Å². The Hall–Kier alpha value is -1.06. The van der Waals surface area contributed by atoms with Crippen LogP contribution in [0.3, 0.4) is 0 Å². The summed E-state index contributed by atoms with van der Waals surface area (Å²) in [5.74, 6) is 0. The van der Waals surface area contributed by atoms with E-state index < -0.39 is 18.4 Å². The third-order valence-electron chi connectivity index (χ3n) is 2.12. The van der Waals surface area contributed by atoms with Crippen molar-refractivity contribution in [2.24, 2.45) is 0 Å². The Bertz CT molecular complexity index is 305. The van der Waals surface area contributed by atoms with Gasteiger partial charge < -0.3 is 0 Å². The molecule has 0 unspecified atom stereocenters.